The van der Waals surface area contributed by atoms with Crippen LogP contribution in [-0.2, 0) is 5.41 Å². The Kier molecular flexibility index (Phi) is 7.33. The lowest BCUT2D eigenvalue weighted by atomic mass is 9.81. The van der Waals surface area contributed by atoms with Crippen molar-refractivity contribution in [1.29, 1.82) is 5.26 Å². The first-order chi connectivity index (χ1) is 26.4. The van der Waals surface area contributed by atoms with Gasteiger partial charge < -0.3 is 0 Å². The van der Waals surface area contributed by atoms with Crippen LogP contribution in [0.15, 0.2) is 152 Å². The summed E-state index contributed by atoms with van der Waals surface area (Å²) >= 11 is 1.79. The van der Waals surface area contributed by atoms with Gasteiger partial charge in [-0.3, -0.25) is 4.98 Å². The molecule has 9 aromatic rings. The number of nitriles is 1. The predicted molar refractivity (Wildman–Crippen MR) is 220 cm³/mol. The van der Waals surface area contributed by atoms with Crippen molar-refractivity contribution in [2.45, 2.75) is 19.3 Å². The van der Waals surface area contributed by atoms with E-state index in [-0.39, 0.29) is 5.41 Å². The average molecular weight is 710 g/mol. The molecule has 1 aliphatic carbocycles. The Bertz CT molecular complexity index is 2980. The summed E-state index contributed by atoms with van der Waals surface area (Å²) < 4.78 is 2.46. The van der Waals surface area contributed by atoms with Crippen LogP contribution < -0.4 is 0 Å². The summed E-state index contributed by atoms with van der Waals surface area (Å²) in [5.41, 5.74) is 12.1. The molecule has 0 atom stereocenters. The maximum absolute atomic E-state index is 9.65. The van der Waals surface area contributed by atoms with Gasteiger partial charge in [0.05, 0.1) is 11.6 Å². The molecule has 6 heteroatoms. The molecule has 0 saturated heterocycles. The summed E-state index contributed by atoms with van der Waals surface area (Å²) in [7, 11) is 0. The molecule has 0 N–H and O–H groups in total. The van der Waals surface area contributed by atoms with Crippen LogP contribution in [0.5, 0.6) is 0 Å². The molecule has 0 aliphatic heterocycles. The zero-order valence-corrected chi connectivity index (χ0v) is 30.4. The van der Waals surface area contributed by atoms with Crippen molar-refractivity contribution in [3.8, 4) is 73.6 Å². The Morgan fingerprint density at radius 1 is 0.500 bits per heavy atom. The van der Waals surface area contributed by atoms with Gasteiger partial charge in [-0.1, -0.05) is 98.8 Å². The van der Waals surface area contributed by atoms with Crippen molar-refractivity contribution >= 4 is 31.5 Å². The second kappa shape index (κ2) is 12.4. The van der Waals surface area contributed by atoms with Gasteiger partial charge in [-0.15, -0.1) is 11.3 Å². The van der Waals surface area contributed by atoms with Crippen LogP contribution in [0.1, 0.15) is 30.5 Å². The fraction of sp³-hybridized carbons (Fsp3) is 0.0625. The largest absolute Gasteiger partial charge is 0.264 e. The third-order valence-electron chi connectivity index (χ3n) is 10.6. The summed E-state index contributed by atoms with van der Waals surface area (Å²) in [6.07, 6.45) is 3.69. The van der Waals surface area contributed by atoms with Gasteiger partial charge in [-0.05, 0) is 93.5 Å². The van der Waals surface area contributed by atoms with E-state index < -0.39 is 0 Å². The van der Waals surface area contributed by atoms with Crippen LogP contribution in [0.2, 0.25) is 0 Å². The van der Waals surface area contributed by atoms with Gasteiger partial charge in [0.1, 0.15) is 0 Å². The number of fused-ring (bicyclic) bond motifs is 6. The monoisotopic (exact) mass is 709 g/mol. The van der Waals surface area contributed by atoms with E-state index in [4.69, 9.17) is 15.0 Å². The molecule has 0 spiro atoms. The molecule has 0 amide bonds. The Morgan fingerprint density at radius 3 is 1.91 bits per heavy atom. The van der Waals surface area contributed by atoms with E-state index in [0.717, 1.165) is 38.9 Å². The van der Waals surface area contributed by atoms with E-state index in [9.17, 15) is 5.26 Å². The molecule has 1 aliphatic rings. The number of benzene rings is 6. The van der Waals surface area contributed by atoms with E-state index in [1.165, 1.54) is 42.4 Å². The highest BCUT2D eigenvalue weighted by atomic mass is 32.1. The highest BCUT2D eigenvalue weighted by Crippen LogP contribution is 2.50. The van der Waals surface area contributed by atoms with Gasteiger partial charge >= 0.3 is 0 Å². The number of hydrogen-bond donors (Lipinski definition) is 0. The second-order valence-electron chi connectivity index (χ2n) is 14.3. The molecular weight excluding hydrogens is 679 g/mol. The van der Waals surface area contributed by atoms with Gasteiger partial charge in [0.2, 0.25) is 0 Å². The lowest BCUT2D eigenvalue weighted by molar-refractivity contribution is 0.660. The molecule has 54 heavy (non-hydrogen) atoms. The molecule has 3 heterocycles. The van der Waals surface area contributed by atoms with Gasteiger partial charge in [-0.25, -0.2) is 15.0 Å². The van der Waals surface area contributed by atoms with Crippen LogP contribution in [0.25, 0.3) is 87.7 Å². The number of thiophene rings is 1. The molecule has 254 valence electrons. The van der Waals surface area contributed by atoms with Crippen LogP contribution in [-0.4, -0.2) is 19.9 Å². The van der Waals surface area contributed by atoms with E-state index in [1.54, 1.807) is 17.5 Å². The van der Waals surface area contributed by atoms with Crippen LogP contribution in [0.3, 0.4) is 0 Å². The third-order valence-corrected chi connectivity index (χ3v) is 11.8. The van der Waals surface area contributed by atoms with Crippen molar-refractivity contribution in [1.82, 2.24) is 19.9 Å². The topological polar surface area (TPSA) is 75.3 Å². The number of nitrogens with zero attached hydrogens (tertiary/aromatic N) is 5. The number of pyridine rings is 1. The van der Waals surface area contributed by atoms with Crippen molar-refractivity contribution < 1.29 is 0 Å². The first kappa shape index (κ1) is 31.9. The highest BCUT2D eigenvalue weighted by Gasteiger charge is 2.36. The van der Waals surface area contributed by atoms with E-state index in [2.05, 4.69) is 116 Å². The zero-order chi connectivity index (χ0) is 36.4. The maximum atomic E-state index is 9.65. The molecule has 0 bridgehead atoms. The minimum absolute atomic E-state index is 0.263. The Morgan fingerprint density at radius 2 is 1.13 bits per heavy atom. The third kappa shape index (κ3) is 5.29. The van der Waals surface area contributed by atoms with Crippen molar-refractivity contribution in [2.75, 3.05) is 0 Å². The van der Waals surface area contributed by atoms with Crippen LogP contribution in [0.4, 0.5) is 0 Å². The molecule has 0 saturated carbocycles. The molecule has 3 aromatic heterocycles. The number of aromatic nitrogens is 4. The zero-order valence-electron chi connectivity index (χ0n) is 29.6. The maximum Gasteiger partial charge on any atom is 0.164 e. The Balaban J connectivity index is 1.16. The molecule has 0 unspecified atom stereocenters. The van der Waals surface area contributed by atoms with Crippen molar-refractivity contribution in [2.24, 2.45) is 0 Å². The molecule has 6 aromatic carbocycles. The van der Waals surface area contributed by atoms with Crippen LogP contribution >= 0.6 is 11.3 Å². The van der Waals surface area contributed by atoms with E-state index in [1.807, 2.05) is 54.7 Å². The minimum Gasteiger partial charge on any atom is -0.264 e. The predicted octanol–water partition coefficient (Wildman–Crippen LogP) is 12.1. The lowest BCUT2D eigenvalue weighted by Crippen LogP contribution is -2.15. The van der Waals surface area contributed by atoms with Gasteiger partial charge in [0, 0.05) is 60.2 Å². The molecule has 10 rings (SSSR count). The van der Waals surface area contributed by atoms with Crippen LogP contribution in [0, 0.1) is 11.3 Å². The SMILES string of the molecule is CC1(C)c2cc(C#N)ccc2-c2ccc(-c3cc(-c4cccnc4)cc(-c4nc(-c5ccccc5)nc(-c5ccc6c(c5)sc5ccccc56)n4)c3)cc21. The number of hydrogen-bond acceptors (Lipinski definition) is 6. The summed E-state index contributed by atoms with van der Waals surface area (Å²) in [5.74, 6) is 1.84. The Labute approximate surface area is 317 Å². The van der Waals surface area contributed by atoms with E-state index >= 15 is 0 Å². The molecule has 0 radical (unpaired) electrons. The van der Waals surface area contributed by atoms with Crippen molar-refractivity contribution in [3.05, 3.63) is 169 Å². The molecular formula is C48H31N5S. The van der Waals surface area contributed by atoms with Crippen molar-refractivity contribution in [3.63, 3.8) is 0 Å². The second-order valence-corrected chi connectivity index (χ2v) is 15.4. The molecule has 5 nitrogen and oxygen atoms in total. The summed E-state index contributed by atoms with van der Waals surface area (Å²) in [4.78, 5) is 19.8. The Hall–Kier alpha value is -6.81. The standard InChI is InChI=1S/C48H31N5S/c1-48(2)41-21-29(27-49)14-17-37(41)38-18-15-31(25-42(38)48)34-22-35(33-11-8-20-50-28-33)24-36(23-34)47-52-45(30-9-4-3-5-10-30)51-46(53-47)32-16-19-40-39-12-6-7-13-43(39)54-44(40)26-32/h3-26,28H,1-2H3. The van der Waals surface area contributed by atoms with Gasteiger partial charge in [0.15, 0.2) is 17.5 Å². The number of rotatable bonds is 5. The lowest BCUT2D eigenvalue weighted by Gasteiger charge is -2.22. The fourth-order valence-electron chi connectivity index (χ4n) is 7.83. The quantitative estimate of drug-likeness (QED) is 0.178. The summed E-state index contributed by atoms with van der Waals surface area (Å²) in [6.45, 7) is 4.49. The fourth-order valence-corrected chi connectivity index (χ4v) is 8.97. The normalized spacial score (nSPS) is 12.8. The van der Waals surface area contributed by atoms with Gasteiger partial charge in [0.25, 0.3) is 0 Å². The minimum atomic E-state index is -0.263. The first-order valence-electron chi connectivity index (χ1n) is 17.9. The summed E-state index contributed by atoms with van der Waals surface area (Å²) in [5, 5.41) is 12.1. The first-order valence-corrected chi connectivity index (χ1v) is 18.7. The summed E-state index contributed by atoms with van der Waals surface area (Å²) in [6, 6.07) is 50.9. The average Bonchev–Trinajstić information content (AvgIpc) is 3.71. The van der Waals surface area contributed by atoms with E-state index in [0.29, 0.717) is 23.0 Å². The smallest absolute Gasteiger partial charge is 0.164 e. The molecule has 0 fully saturated rings. The van der Waals surface area contributed by atoms with Gasteiger partial charge in [-0.2, -0.15) is 5.26 Å². The highest BCUT2D eigenvalue weighted by molar-refractivity contribution is 7.25.